The second-order valence-corrected chi connectivity index (χ2v) is 6.22. The molecule has 0 spiro atoms. The minimum atomic E-state index is -2.99. The number of methoxy groups -OCH3 is 1. The summed E-state index contributed by atoms with van der Waals surface area (Å²) in [6.45, 7) is 0.895. The lowest BCUT2D eigenvalue weighted by atomic mass is 10.5. The molecule has 0 aliphatic rings. The van der Waals surface area contributed by atoms with Gasteiger partial charge >= 0.3 is 11.9 Å². The van der Waals surface area contributed by atoms with E-state index in [-0.39, 0.29) is 12.4 Å². The number of ether oxygens (including phenoxy) is 2. The smallest absolute Gasteiger partial charge is 0.331 e. The maximum Gasteiger partial charge on any atom is 0.331 e. The molecule has 0 heterocycles. The number of rotatable bonds is 8. The van der Waals surface area contributed by atoms with E-state index in [9.17, 15) is 18.0 Å². The highest BCUT2D eigenvalue weighted by molar-refractivity contribution is 7.90. The number of hydrogen-bond donors (Lipinski definition) is 0. The fourth-order valence-electron chi connectivity index (χ4n) is 0.988. The fraction of sp³-hybridized carbons (Fsp3) is 0.636. The Balaban J connectivity index is 3.81. The molecule has 0 aliphatic heterocycles. The number of carbonyl (C=O) groups excluding carboxylic acids is 2. The van der Waals surface area contributed by atoms with Crippen LogP contribution < -0.4 is 0 Å². The van der Waals surface area contributed by atoms with Crippen LogP contribution in [0.15, 0.2) is 12.2 Å². The van der Waals surface area contributed by atoms with Crippen LogP contribution in [0.5, 0.6) is 0 Å². The molecule has 0 aromatic rings. The first-order chi connectivity index (χ1) is 8.74. The van der Waals surface area contributed by atoms with E-state index in [2.05, 4.69) is 4.74 Å². The second-order valence-electron chi connectivity index (χ2n) is 3.96. The lowest BCUT2D eigenvalue weighted by Gasteiger charge is -2.15. The zero-order valence-electron chi connectivity index (χ0n) is 11.3. The van der Waals surface area contributed by atoms with Crippen LogP contribution in [0.25, 0.3) is 0 Å². The van der Waals surface area contributed by atoms with Crippen molar-refractivity contribution >= 4 is 21.8 Å². The second kappa shape index (κ2) is 8.65. The van der Waals surface area contributed by atoms with Crippen molar-refractivity contribution in [2.75, 3.05) is 45.9 Å². The van der Waals surface area contributed by atoms with Crippen LogP contribution in [0.1, 0.15) is 0 Å². The van der Waals surface area contributed by atoms with Crippen molar-refractivity contribution in [3.05, 3.63) is 12.2 Å². The van der Waals surface area contributed by atoms with Gasteiger partial charge in [-0.05, 0) is 7.05 Å². The summed E-state index contributed by atoms with van der Waals surface area (Å²) in [6.07, 6.45) is 3.11. The number of hydrogen-bond acceptors (Lipinski definition) is 7. The fourth-order valence-corrected chi connectivity index (χ4v) is 1.63. The highest BCUT2D eigenvalue weighted by Gasteiger charge is 2.06. The van der Waals surface area contributed by atoms with Gasteiger partial charge in [-0.25, -0.2) is 18.0 Å². The SMILES string of the molecule is COC(=O)/C=C/C(=O)OCCN(C)CCS(C)(=O)=O. The van der Waals surface area contributed by atoms with Crippen molar-refractivity contribution in [3.63, 3.8) is 0 Å². The summed E-state index contributed by atoms with van der Waals surface area (Å²) >= 11 is 0. The van der Waals surface area contributed by atoms with Gasteiger partial charge in [0.1, 0.15) is 16.4 Å². The molecule has 0 amide bonds. The summed E-state index contributed by atoms with van der Waals surface area (Å²) in [5, 5.41) is 0. The molecule has 0 aromatic carbocycles. The summed E-state index contributed by atoms with van der Waals surface area (Å²) in [7, 11) is -0.0650. The Labute approximate surface area is 113 Å². The number of nitrogens with zero attached hydrogens (tertiary/aromatic N) is 1. The molecule has 0 aromatic heterocycles. The van der Waals surface area contributed by atoms with Crippen molar-refractivity contribution in [2.24, 2.45) is 0 Å². The van der Waals surface area contributed by atoms with Gasteiger partial charge in [0.25, 0.3) is 0 Å². The average molecular weight is 293 g/mol. The largest absolute Gasteiger partial charge is 0.466 e. The van der Waals surface area contributed by atoms with Crippen LogP contribution in [0.4, 0.5) is 0 Å². The highest BCUT2D eigenvalue weighted by Crippen LogP contribution is 1.90. The monoisotopic (exact) mass is 293 g/mol. The van der Waals surface area contributed by atoms with Crippen LogP contribution in [0.3, 0.4) is 0 Å². The van der Waals surface area contributed by atoms with Crippen molar-refractivity contribution in [1.82, 2.24) is 4.90 Å². The molecular weight excluding hydrogens is 274 g/mol. The predicted molar refractivity (Wildman–Crippen MR) is 69.3 cm³/mol. The van der Waals surface area contributed by atoms with Gasteiger partial charge in [-0.3, -0.25) is 0 Å². The molecule has 0 fully saturated rings. The zero-order chi connectivity index (χ0) is 14.9. The maximum atomic E-state index is 11.1. The molecule has 0 radical (unpaired) electrons. The van der Waals surface area contributed by atoms with Gasteiger partial charge in [-0.15, -0.1) is 0 Å². The van der Waals surface area contributed by atoms with E-state index in [4.69, 9.17) is 4.74 Å². The number of esters is 2. The van der Waals surface area contributed by atoms with Crippen molar-refractivity contribution in [1.29, 1.82) is 0 Å². The van der Waals surface area contributed by atoms with Crippen LogP contribution in [0.2, 0.25) is 0 Å². The molecule has 0 unspecified atom stereocenters. The Morgan fingerprint density at radius 2 is 1.74 bits per heavy atom. The highest BCUT2D eigenvalue weighted by atomic mass is 32.2. The minimum absolute atomic E-state index is 0.0552. The molecule has 0 N–H and O–H groups in total. The van der Waals surface area contributed by atoms with Gasteiger partial charge in [0, 0.05) is 31.5 Å². The van der Waals surface area contributed by atoms with Gasteiger partial charge in [-0.2, -0.15) is 0 Å². The first-order valence-corrected chi connectivity index (χ1v) is 7.59. The van der Waals surface area contributed by atoms with E-state index in [0.717, 1.165) is 12.2 Å². The van der Waals surface area contributed by atoms with E-state index in [0.29, 0.717) is 13.1 Å². The molecule has 110 valence electrons. The normalized spacial score (nSPS) is 11.8. The first kappa shape index (κ1) is 17.6. The third-order valence-electron chi connectivity index (χ3n) is 2.12. The van der Waals surface area contributed by atoms with E-state index in [1.165, 1.54) is 13.4 Å². The summed E-state index contributed by atoms with van der Waals surface area (Å²) in [5.41, 5.74) is 0. The molecule has 8 heteroatoms. The molecule has 0 aliphatic carbocycles. The standard InChI is InChI=1S/C11H19NO6S/c1-12(7-9-19(3,15)16)6-8-18-11(14)5-4-10(13)17-2/h4-5H,6-9H2,1-3H3/b5-4+. The molecular formula is C11H19NO6S. The molecule has 0 atom stereocenters. The Morgan fingerprint density at radius 1 is 1.16 bits per heavy atom. The molecule has 0 bridgehead atoms. The summed E-state index contributed by atoms with van der Waals surface area (Å²) < 4.78 is 31.0. The van der Waals surface area contributed by atoms with Gasteiger partial charge in [0.2, 0.25) is 0 Å². The van der Waals surface area contributed by atoms with E-state index < -0.39 is 21.8 Å². The third-order valence-corrected chi connectivity index (χ3v) is 3.04. The lowest BCUT2D eigenvalue weighted by molar-refractivity contribution is -0.139. The maximum absolute atomic E-state index is 11.1. The van der Waals surface area contributed by atoms with Gasteiger partial charge in [0.15, 0.2) is 0 Å². The van der Waals surface area contributed by atoms with Crippen molar-refractivity contribution in [3.8, 4) is 0 Å². The van der Waals surface area contributed by atoms with Crippen LogP contribution in [0, 0.1) is 0 Å². The van der Waals surface area contributed by atoms with E-state index in [1.54, 1.807) is 11.9 Å². The Morgan fingerprint density at radius 3 is 2.26 bits per heavy atom. The Hall–Kier alpha value is -1.41. The van der Waals surface area contributed by atoms with Crippen LogP contribution in [-0.4, -0.2) is 71.1 Å². The Kier molecular flexibility index (Phi) is 8.01. The quantitative estimate of drug-likeness (QED) is 0.429. The number of carbonyl (C=O) groups is 2. The minimum Gasteiger partial charge on any atom is -0.466 e. The van der Waals surface area contributed by atoms with Gasteiger partial charge in [-0.1, -0.05) is 0 Å². The van der Waals surface area contributed by atoms with Crippen LogP contribution in [-0.2, 0) is 28.9 Å². The summed E-state index contributed by atoms with van der Waals surface area (Å²) in [4.78, 5) is 23.6. The first-order valence-electron chi connectivity index (χ1n) is 5.53. The Bertz CT molecular complexity index is 428. The zero-order valence-corrected chi connectivity index (χ0v) is 12.1. The average Bonchev–Trinajstić information content (AvgIpc) is 2.32. The van der Waals surface area contributed by atoms with E-state index in [1.807, 2.05) is 0 Å². The third kappa shape index (κ3) is 11.4. The predicted octanol–water partition coefficient (Wildman–Crippen LogP) is -0.765. The molecule has 0 saturated carbocycles. The van der Waals surface area contributed by atoms with E-state index >= 15 is 0 Å². The topological polar surface area (TPSA) is 90.0 Å². The molecule has 0 rings (SSSR count). The molecule has 19 heavy (non-hydrogen) atoms. The molecule has 0 saturated heterocycles. The number of sulfone groups is 1. The lowest BCUT2D eigenvalue weighted by Crippen LogP contribution is -2.29. The number of likely N-dealkylation sites (N-methyl/N-ethyl adjacent to an activating group) is 1. The van der Waals surface area contributed by atoms with Crippen molar-refractivity contribution in [2.45, 2.75) is 0 Å². The molecule has 7 nitrogen and oxygen atoms in total. The summed E-state index contributed by atoms with van der Waals surface area (Å²) in [5.74, 6) is -1.23. The van der Waals surface area contributed by atoms with Gasteiger partial charge < -0.3 is 14.4 Å². The van der Waals surface area contributed by atoms with Gasteiger partial charge in [0.05, 0.1) is 12.9 Å². The van der Waals surface area contributed by atoms with Crippen LogP contribution >= 0.6 is 0 Å². The summed E-state index contributed by atoms with van der Waals surface area (Å²) in [6, 6.07) is 0. The van der Waals surface area contributed by atoms with Crippen molar-refractivity contribution < 1.29 is 27.5 Å².